The number of ether oxygens (including phenoxy) is 2. The molecule has 0 aliphatic rings. The average Bonchev–Trinajstić information content (AvgIpc) is 2.10. The van der Waals surface area contributed by atoms with Gasteiger partial charge in [0.1, 0.15) is 11.2 Å². The molecule has 0 spiro atoms. The Labute approximate surface area is 121 Å². The van der Waals surface area contributed by atoms with Crippen molar-refractivity contribution >= 4 is 17.7 Å². The molecule has 0 bridgehead atoms. The van der Waals surface area contributed by atoms with Gasteiger partial charge in [-0.3, -0.25) is 14.4 Å². The molecule has 0 N–H and O–H groups in total. The van der Waals surface area contributed by atoms with E-state index in [-0.39, 0.29) is 0 Å². The van der Waals surface area contributed by atoms with Crippen LogP contribution in [0.25, 0.3) is 0 Å². The Kier molecular flexibility index (Phi) is 5.93. The van der Waals surface area contributed by atoms with Gasteiger partial charge in [-0.05, 0) is 41.5 Å². The fourth-order valence-corrected chi connectivity index (χ4v) is 1.38. The quantitative estimate of drug-likeness (QED) is 0.586. The Morgan fingerprint density at radius 3 is 1.25 bits per heavy atom. The van der Waals surface area contributed by atoms with Crippen molar-refractivity contribution in [1.29, 1.82) is 0 Å². The number of Topliss-reactive ketones (excluding diaryl/α,β-unsaturated/α-hetero) is 1. The molecule has 0 aliphatic carbocycles. The first-order valence-electron chi connectivity index (χ1n) is 6.74. The number of ketones is 1. The Hall–Kier alpha value is -1.39. The molecule has 0 aliphatic heterocycles. The van der Waals surface area contributed by atoms with Crippen molar-refractivity contribution in [2.24, 2.45) is 11.8 Å². The second-order valence-corrected chi connectivity index (χ2v) is 7.06. The van der Waals surface area contributed by atoms with E-state index in [1.807, 2.05) is 0 Å². The van der Waals surface area contributed by atoms with Gasteiger partial charge in [-0.15, -0.1) is 0 Å². The lowest BCUT2D eigenvalue weighted by atomic mass is 9.95. The molecule has 0 saturated heterocycles. The van der Waals surface area contributed by atoms with E-state index in [4.69, 9.17) is 9.47 Å². The largest absolute Gasteiger partial charge is 0.459 e. The van der Waals surface area contributed by atoms with Crippen LogP contribution in [-0.2, 0) is 23.9 Å². The van der Waals surface area contributed by atoms with Crippen LogP contribution in [0, 0.1) is 11.8 Å². The Balaban J connectivity index is 5.25. The minimum absolute atomic E-state index is 0.458. The maximum absolute atomic E-state index is 12.1. The molecule has 0 aromatic carbocycles. The molecule has 0 fully saturated rings. The highest BCUT2D eigenvalue weighted by Crippen LogP contribution is 2.19. The van der Waals surface area contributed by atoms with Gasteiger partial charge in [0.05, 0.1) is 0 Å². The summed E-state index contributed by atoms with van der Waals surface area (Å²) in [6.07, 6.45) is 0. The zero-order valence-corrected chi connectivity index (χ0v) is 13.7. The molecule has 0 heterocycles. The topological polar surface area (TPSA) is 69.7 Å². The predicted octanol–water partition coefficient (Wildman–Crippen LogP) is 2.51. The minimum atomic E-state index is -1.52. The van der Waals surface area contributed by atoms with E-state index in [1.165, 1.54) is 0 Å². The summed E-state index contributed by atoms with van der Waals surface area (Å²) >= 11 is 0. The molecule has 0 rings (SSSR count). The van der Waals surface area contributed by atoms with Crippen molar-refractivity contribution in [3.63, 3.8) is 0 Å². The minimum Gasteiger partial charge on any atom is -0.459 e. The second kappa shape index (κ2) is 6.37. The van der Waals surface area contributed by atoms with Crippen LogP contribution in [0.5, 0.6) is 0 Å². The van der Waals surface area contributed by atoms with Crippen LogP contribution in [0.4, 0.5) is 0 Å². The summed E-state index contributed by atoms with van der Waals surface area (Å²) in [4.78, 5) is 36.3. The van der Waals surface area contributed by atoms with Crippen molar-refractivity contribution in [2.75, 3.05) is 0 Å². The number of esters is 2. The third-order valence-electron chi connectivity index (χ3n) is 2.14. The fourth-order valence-electron chi connectivity index (χ4n) is 1.38. The van der Waals surface area contributed by atoms with Gasteiger partial charge in [0.15, 0.2) is 5.78 Å². The van der Waals surface area contributed by atoms with E-state index >= 15 is 0 Å². The van der Waals surface area contributed by atoms with Gasteiger partial charge in [0.2, 0.25) is 5.92 Å². The van der Waals surface area contributed by atoms with Crippen LogP contribution in [-0.4, -0.2) is 28.9 Å². The molecule has 5 nitrogen and oxygen atoms in total. The van der Waals surface area contributed by atoms with Gasteiger partial charge in [-0.2, -0.15) is 0 Å². The molecular weight excluding hydrogens is 260 g/mol. The number of carbonyl (C=O) groups excluding carboxylic acids is 3. The first-order valence-corrected chi connectivity index (χ1v) is 6.74. The van der Waals surface area contributed by atoms with Gasteiger partial charge >= 0.3 is 11.9 Å². The van der Waals surface area contributed by atoms with Crippen molar-refractivity contribution in [2.45, 2.75) is 66.6 Å². The molecule has 0 aromatic heterocycles. The van der Waals surface area contributed by atoms with Crippen molar-refractivity contribution in [3.05, 3.63) is 0 Å². The molecular formula is C15H26O5. The Morgan fingerprint density at radius 1 is 0.750 bits per heavy atom. The van der Waals surface area contributed by atoms with E-state index in [0.29, 0.717) is 0 Å². The maximum Gasteiger partial charge on any atom is 0.328 e. The lowest BCUT2D eigenvalue weighted by Crippen LogP contribution is -2.42. The van der Waals surface area contributed by atoms with Gasteiger partial charge in [0, 0.05) is 5.92 Å². The normalized spacial score (nSPS) is 12.5. The lowest BCUT2D eigenvalue weighted by Gasteiger charge is -2.26. The fraction of sp³-hybridized carbons (Fsp3) is 0.800. The third kappa shape index (κ3) is 6.68. The summed E-state index contributed by atoms with van der Waals surface area (Å²) in [6.45, 7) is 13.3. The van der Waals surface area contributed by atoms with Crippen LogP contribution in [0.2, 0.25) is 0 Å². The van der Waals surface area contributed by atoms with Crippen LogP contribution in [0.3, 0.4) is 0 Å². The second-order valence-electron chi connectivity index (χ2n) is 7.06. The summed E-state index contributed by atoms with van der Waals surface area (Å²) in [7, 11) is 0. The first kappa shape index (κ1) is 18.6. The van der Waals surface area contributed by atoms with Crippen molar-refractivity contribution < 1.29 is 23.9 Å². The van der Waals surface area contributed by atoms with E-state index in [9.17, 15) is 14.4 Å². The van der Waals surface area contributed by atoms with Gasteiger partial charge in [-0.1, -0.05) is 13.8 Å². The summed E-state index contributed by atoms with van der Waals surface area (Å²) in [5, 5.41) is 0. The number of rotatable bonds is 4. The van der Waals surface area contributed by atoms with E-state index < -0.39 is 40.8 Å². The molecule has 0 atom stereocenters. The van der Waals surface area contributed by atoms with Crippen LogP contribution in [0.15, 0.2) is 0 Å². The summed E-state index contributed by atoms with van der Waals surface area (Å²) in [5.74, 6) is -4.18. The van der Waals surface area contributed by atoms with Crippen LogP contribution in [0.1, 0.15) is 55.4 Å². The maximum atomic E-state index is 12.1. The number of hydrogen-bond donors (Lipinski definition) is 0. The zero-order chi connectivity index (χ0) is 16.3. The Morgan fingerprint density at radius 2 is 1.05 bits per heavy atom. The lowest BCUT2D eigenvalue weighted by molar-refractivity contribution is -0.176. The molecule has 116 valence electrons. The van der Waals surface area contributed by atoms with Crippen molar-refractivity contribution in [1.82, 2.24) is 0 Å². The van der Waals surface area contributed by atoms with Gasteiger partial charge in [-0.25, -0.2) is 0 Å². The average molecular weight is 286 g/mol. The standard InChI is InChI=1S/C15H26O5/c1-9(2)11(16)10(12(17)19-14(3,4)5)13(18)20-15(6,7)8/h9-10H,1-8H3. The van der Waals surface area contributed by atoms with Crippen molar-refractivity contribution in [3.8, 4) is 0 Å². The van der Waals surface area contributed by atoms with Crippen LogP contribution < -0.4 is 0 Å². The van der Waals surface area contributed by atoms with E-state index in [0.717, 1.165) is 0 Å². The van der Waals surface area contributed by atoms with Gasteiger partial charge < -0.3 is 9.47 Å². The monoisotopic (exact) mass is 286 g/mol. The highest BCUT2D eigenvalue weighted by atomic mass is 16.6. The zero-order valence-electron chi connectivity index (χ0n) is 13.7. The molecule has 5 heteroatoms. The highest BCUT2D eigenvalue weighted by molar-refractivity contribution is 6.15. The molecule has 0 unspecified atom stereocenters. The smallest absolute Gasteiger partial charge is 0.328 e. The number of hydrogen-bond acceptors (Lipinski definition) is 5. The van der Waals surface area contributed by atoms with E-state index in [1.54, 1.807) is 55.4 Å². The molecule has 0 saturated carbocycles. The first-order chi connectivity index (χ1) is 8.74. The predicted molar refractivity (Wildman–Crippen MR) is 75.0 cm³/mol. The highest BCUT2D eigenvalue weighted by Gasteiger charge is 2.41. The van der Waals surface area contributed by atoms with Gasteiger partial charge in [0.25, 0.3) is 0 Å². The molecule has 0 aromatic rings. The summed E-state index contributed by atoms with van der Waals surface area (Å²) in [5.41, 5.74) is -1.54. The molecule has 0 amide bonds. The molecule has 0 radical (unpaired) electrons. The SMILES string of the molecule is CC(C)C(=O)C(C(=O)OC(C)(C)C)C(=O)OC(C)(C)C. The van der Waals surface area contributed by atoms with Crippen LogP contribution >= 0.6 is 0 Å². The Bertz CT molecular complexity index is 354. The van der Waals surface area contributed by atoms with E-state index in [2.05, 4.69) is 0 Å². The number of carbonyl (C=O) groups is 3. The third-order valence-corrected chi connectivity index (χ3v) is 2.14. The summed E-state index contributed by atoms with van der Waals surface area (Å²) < 4.78 is 10.3. The summed E-state index contributed by atoms with van der Waals surface area (Å²) in [6, 6.07) is 0. The molecule has 20 heavy (non-hydrogen) atoms.